The topological polar surface area (TPSA) is 99.1 Å². The number of rotatable bonds is 7. The Labute approximate surface area is 120 Å². The van der Waals surface area contributed by atoms with Crippen molar-refractivity contribution in [1.29, 1.82) is 0 Å². The molecule has 1 rings (SSSR count). The number of carboxylic acids is 1. The molecule has 0 saturated carbocycles. The fraction of sp³-hybridized carbons (Fsp3) is 0.214. The Balaban J connectivity index is 2.37. The van der Waals surface area contributed by atoms with Crippen LogP contribution >= 0.6 is 0 Å². The zero-order valence-corrected chi connectivity index (χ0v) is 11.1. The van der Waals surface area contributed by atoms with Crippen molar-refractivity contribution >= 4 is 18.1 Å². The first-order valence-electron chi connectivity index (χ1n) is 5.96. The van der Waals surface area contributed by atoms with Crippen LogP contribution < -0.4 is 4.74 Å². The third-order valence-electron chi connectivity index (χ3n) is 2.30. The van der Waals surface area contributed by atoms with E-state index in [2.05, 4.69) is 16.1 Å². The van der Waals surface area contributed by atoms with E-state index in [0.29, 0.717) is 6.42 Å². The summed E-state index contributed by atoms with van der Waals surface area (Å²) in [6, 6.07) is 6.30. The molecule has 1 aromatic carbocycles. The molecule has 0 spiro atoms. The van der Waals surface area contributed by atoms with Crippen LogP contribution in [0.15, 0.2) is 36.9 Å². The lowest BCUT2D eigenvalue weighted by atomic mass is 10.1. The van der Waals surface area contributed by atoms with Crippen molar-refractivity contribution in [2.24, 2.45) is 0 Å². The van der Waals surface area contributed by atoms with E-state index in [1.807, 2.05) is 0 Å². The van der Waals surface area contributed by atoms with Crippen LogP contribution in [-0.4, -0.2) is 30.0 Å². The van der Waals surface area contributed by atoms with E-state index in [9.17, 15) is 14.4 Å². The Morgan fingerprint density at radius 2 is 1.81 bits per heavy atom. The van der Waals surface area contributed by atoms with Crippen LogP contribution in [0, 0.1) is 0 Å². The predicted molar refractivity (Wildman–Crippen MR) is 70.7 cm³/mol. The number of aryl methyl sites for hydroxylation is 1. The largest absolute Gasteiger partial charge is 0.516 e. The number of hydrogen-bond acceptors (Lipinski definition) is 6. The number of hydrogen-bond donors (Lipinski definition) is 1. The summed E-state index contributed by atoms with van der Waals surface area (Å²) < 4.78 is 13.8. The van der Waals surface area contributed by atoms with Crippen molar-refractivity contribution in [2.45, 2.75) is 12.8 Å². The lowest BCUT2D eigenvalue weighted by molar-refractivity contribution is -0.146. The molecular weight excluding hydrogens is 280 g/mol. The van der Waals surface area contributed by atoms with Gasteiger partial charge < -0.3 is 19.3 Å². The number of carbonyl (C=O) groups is 3. The molecule has 0 aliphatic rings. The summed E-state index contributed by atoms with van der Waals surface area (Å²) in [6.45, 7) is 2.61. The molecule has 0 fully saturated rings. The molecule has 0 atom stereocenters. The van der Waals surface area contributed by atoms with Gasteiger partial charge >= 0.3 is 18.1 Å². The second kappa shape index (κ2) is 8.36. The molecule has 0 saturated heterocycles. The van der Waals surface area contributed by atoms with Gasteiger partial charge in [0.2, 0.25) is 6.79 Å². The lowest BCUT2D eigenvalue weighted by Gasteiger charge is -2.06. The minimum Gasteiger partial charge on any atom is -0.481 e. The van der Waals surface area contributed by atoms with Crippen LogP contribution in [-0.2, 0) is 25.5 Å². The van der Waals surface area contributed by atoms with E-state index in [0.717, 1.165) is 11.6 Å². The summed E-state index contributed by atoms with van der Waals surface area (Å²) in [5.74, 6) is -1.37. The maximum atomic E-state index is 11.2. The third-order valence-corrected chi connectivity index (χ3v) is 2.30. The molecule has 0 amide bonds. The first kappa shape index (κ1) is 16.2. The molecule has 0 aromatic heterocycles. The molecule has 0 aliphatic heterocycles. The van der Waals surface area contributed by atoms with Crippen molar-refractivity contribution in [3.8, 4) is 5.75 Å². The van der Waals surface area contributed by atoms with Crippen LogP contribution in [0.1, 0.15) is 12.0 Å². The van der Waals surface area contributed by atoms with Gasteiger partial charge in [-0.2, -0.15) is 0 Å². The van der Waals surface area contributed by atoms with Crippen molar-refractivity contribution in [2.75, 3.05) is 6.79 Å². The fourth-order valence-electron chi connectivity index (χ4n) is 1.30. The SMILES string of the molecule is C=CC(=O)OCOC(=O)Oc1ccc(CCC(=O)O)cc1. The van der Waals surface area contributed by atoms with E-state index in [1.54, 1.807) is 12.1 Å². The number of esters is 1. The Morgan fingerprint density at radius 3 is 2.38 bits per heavy atom. The number of carbonyl (C=O) groups excluding carboxylic acids is 2. The molecule has 0 aliphatic carbocycles. The van der Waals surface area contributed by atoms with Gasteiger partial charge in [0.25, 0.3) is 0 Å². The van der Waals surface area contributed by atoms with Gasteiger partial charge in [0.15, 0.2) is 0 Å². The van der Waals surface area contributed by atoms with Gasteiger partial charge in [-0.05, 0) is 24.1 Å². The first-order valence-corrected chi connectivity index (χ1v) is 5.96. The first-order chi connectivity index (χ1) is 10.0. The second-order valence-corrected chi connectivity index (χ2v) is 3.82. The van der Waals surface area contributed by atoms with Crippen LogP contribution in [0.5, 0.6) is 5.75 Å². The molecular formula is C14H14O7. The Morgan fingerprint density at radius 1 is 1.14 bits per heavy atom. The van der Waals surface area contributed by atoms with Gasteiger partial charge in [0, 0.05) is 12.5 Å². The quantitative estimate of drug-likeness (QED) is 0.355. The van der Waals surface area contributed by atoms with Gasteiger partial charge in [-0.3, -0.25) is 4.79 Å². The molecule has 1 aromatic rings. The Hall–Kier alpha value is -2.83. The van der Waals surface area contributed by atoms with Gasteiger partial charge in [-0.1, -0.05) is 18.7 Å². The summed E-state index contributed by atoms with van der Waals surface area (Å²) >= 11 is 0. The third kappa shape index (κ3) is 6.76. The zero-order chi connectivity index (χ0) is 15.7. The summed E-state index contributed by atoms with van der Waals surface area (Å²) in [7, 11) is 0. The smallest absolute Gasteiger partial charge is 0.481 e. The highest BCUT2D eigenvalue weighted by molar-refractivity contribution is 5.81. The Bertz CT molecular complexity index is 519. The monoisotopic (exact) mass is 294 g/mol. The predicted octanol–water partition coefficient (Wildman–Crippen LogP) is 1.91. The summed E-state index contributed by atoms with van der Waals surface area (Å²) in [4.78, 5) is 32.4. The average Bonchev–Trinajstić information content (AvgIpc) is 2.46. The van der Waals surface area contributed by atoms with E-state index < -0.39 is 24.9 Å². The number of carboxylic acid groups (broad SMARTS) is 1. The standard InChI is InChI=1S/C14H14O7/c1-2-13(17)19-9-20-14(18)21-11-6-3-10(4-7-11)5-8-12(15)16/h2-4,6-7H,1,5,8-9H2,(H,15,16). The number of ether oxygens (including phenoxy) is 3. The van der Waals surface area contributed by atoms with Crippen molar-refractivity contribution in [1.82, 2.24) is 0 Å². The molecule has 7 heteroatoms. The van der Waals surface area contributed by atoms with Crippen molar-refractivity contribution < 1.29 is 33.7 Å². The van der Waals surface area contributed by atoms with E-state index >= 15 is 0 Å². The summed E-state index contributed by atoms with van der Waals surface area (Å²) in [6.07, 6.45) is 0.323. The Kier molecular flexibility index (Phi) is 6.46. The fourth-order valence-corrected chi connectivity index (χ4v) is 1.30. The molecule has 0 unspecified atom stereocenters. The molecule has 0 heterocycles. The average molecular weight is 294 g/mol. The maximum absolute atomic E-state index is 11.2. The molecule has 0 bridgehead atoms. The molecule has 112 valence electrons. The van der Waals surface area contributed by atoms with Crippen molar-refractivity contribution in [3.63, 3.8) is 0 Å². The van der Waals surface area contributed by atoms with Gasteiger partial charge in [-0.25, -0.2) is 9.59 Å². The number of aliphatic carboxylic acids is 1. The van der Waals surface area contributed by atoms with E-state index in [1.165, 1.54) is 12.1 Å². The summed E-state index contributed by atoms with van der Waals surface area (Å²) in [5.41, 5.74) is 0.804. The molecule has 7 nitrogen and oxygen atoms in total. The minimum atomic E-state index is -1.02. The lowest BCUT2D eigenvalue weighted by Crippen LogP contribution is -2.14. The van der Waals surface area contributed by atoms with E-state index in [-0.39, 0.29) is 12.2 Å². The maximum Gasteiger partial charge on any atom is 0.516 e. The van der Waals surface area contributed by atoms with Crippen LogP contribution in [0.2, 0.25) is 0 Å². The number of benzene rings is 1. The van der Waals surface area contributed by atoms with Gasteiger partial charge in [-0.15, -0.1) is 0 Å². The van der Waals surface area contributed by atoms with Gasteiger partial charge in [0.05, 0.1) is 0 Å². The van der Waals surface area contributed by atoms with Gasteiger partial charge in [0.1, 0.15) is 5.75 Å². The normalized spacial score (nSPS) is 9.52. The highest BCUT2D eigenvalue weighted by Crippen LogP contribution is 2.14. The highest BCUT2D eigenvalue weighted by atomic mass is 16.8. The van der Waals surface area contributed by atoms with Crippen molar-refractivity contribution in [3.05, 3.63) is 42.5 Å². The van der Waals surface area contributed by atoms with Crippen LogP contribution in [0.4, 0.5) is 4.79 Å². The summed E-state index contributed by atoms with van der Waals surface area (Å²) in [5, 5.41) is 8.56. The molecule has 0 radical (unpaired) electrons. The van der Waals surface area contributed by atoms with Crippen LogP contribution in [0.3, 0.4) is 0 Å². The molecule has 21 heavy (non-hydrogen) atoms. The second-order valence-electron chi connectivity index (χ2n) is 3.82. The minimum absolute atomic E-state index is 0.0247. The zero-order valence-electron chi connectivity index (χ0n) is 11.1. The van der Waals surface area contributed by atoms with E-state index in [4.69, 9.17) is 9.84 Å². The highest BCUT2D eigenvalue weighted by Gasteiger charge is 2.07. The van der Waals surface area contributed by atoms with Crippen LogP contribution in [0.25, 0.3) is 0 Å². The molecule has 1 N–H and O–H groups in total.